The van der Waals surface area contributed by atoms with Crippen molar-refractivity contribution in [2.24, 2.45) is 0 Å². The molecule has 4 nitrogen and oxygen atoms in total. The van der Waals surface area contributed by atoms with Crippen molar-refractivity contribution >= 4 is 23.1 Å². The summed E-state index contributed by atoms with van der Waals surface area (Å²) >= 11 is 1.66. The lowest BCUT2D eigenvalue weighted by molar-refractivity contribution is 0.250. The molecule has 5 heteroatoms. The third-order valence-corrected chi connectivity index (χ3v) is 4.37. The largest absolute Gasteiger partial charge is 0.396 e. The summed E-state index contributed by atoms with van der Waals surface area (Å²) in [6.07, 6.45) is 1.54. The van der Waals surface area contributed by atoms with Crippen LogP contribution in [0.2, 0.25) is 0 Å². The van der Waals surface area contributed by atoms with Gasteiger partial charge in [0.05, 0.1) is 0 Å². The van der Waals surface area contributed by atoms with Crippen LogP contribution in [-0.2, 0) is 0 Å². The Morgan fingerprint density at radius 1 is 1.27 bits per heavy atom. The van der Waals surface area contributed by atoms with Crippen LogP contribution in [0.3, 0.4) is 0 Å². The van der Waals surface area contributed by atoms with E-state index in [2.05, 4.69) is 22.1 Å². The molecule has 2 aromatic rings. The number of carbonyl (C=O) groups is 1. The van der Waals surface area contributed by atoms with Crippen molar-refractivity contribution in [3.63, 3.8) is 0 Å². The molecule has 2 rings (SSSR count). The van der Waals surface area contributed by atoms with E-state index in [0.29, 0.717) is 6.54 Å². The fraction of sp³-hybridized carbons (Fsp3) is 0.353. The number of anilines is 1. The van der Waals surface area contributed by atoms with Gasteiger partial charge in [-0.2, -0.15) is 11.3 Å². The van der Waals surface area contributed by atoms with E-state index < -0.39 is 0 Å². The van der Waals surface area contributed by atoms with Gasteiger partial charge in [0.25, 0.3) is 0 Å². The monoisotopic (exact) mass is 318 g/mol. The van der Waals surface area contributed by atoms with Gasteiger partial charge in [0.2, 0.25) is 0 Å². The molecular formula is C17H22N2O2S. The number of aliphatic hydroxyl groups excluding tert-OH is 1. The molecule has 1 heterocycles. The van der Waals surface area contributed by atoms with Crippen LogP contribution in [0.25, 0.3) is 0 Å². The zero-order valence-corrected chi connectivity index (χ0v) is 13.5. The number of rotatable bonds is 7. The average molecular weight is 318 g/mol. The highest BCUT2D eigenvalue weighted by atomic mass is 32.1. The number of benzene rings is 1. The van der Waals surface area contributed by atoms with Gasteiger partial charge in [-0.05, 0) is 59.7 Å². The molecule has 1 aromatic heterocycles. The fourth-order valence-corrected chi connectivity index (χ4v) is 3.12. The Balaban J connectivity index is 1.79. The standard InChI is InChI=1S/C17H22N2O2S/c1-13-4-2-3-5-16(13)19-17(21)18-9-6-14(7-10-20)15-8-11-22-12-15/h2-5,8,11-12,14,20H,6-7,9-10H2,1H3,(H2,18,19,21). The Morgan fingerprint density at radius 3 is 2.77 bits per heavy atom. The highest BCUT2D eigenvalue weighted by Gasteiger charge is 2.12. The maximum atomic E-state index is 11.9. The SMILES string of the molecule is Cc1ccccc1NC(=O)NCCC(CCO)c1ccsc1. The van der Waals surface area contributed by atoms with Crippen LogP contribution in [0, 0.1) is 6.92 Å². The molecule has 118 valence electrons. The molecule has 0 bridgehead atoms. The predicted octanol–water partition coefficient (Wildman–Crippen LogP) is 3.73. The third-order valence-electron chi connectivity index (χ3n) is 3.66. The van der Waals surface area contributed by atoms with Gasteiger partial charge in [0.1, 0.15) is 0 Å². The molecule has 2 amide bonds. The van der Waals surface area contributed by atoms with Crippen molar-refractivity contribution in [1.29, 1.82) is 0 Å². The van der Waals surface area contributed by atoms with E-state index in [1.165, 1.54) is 5.56 Å². The lowest BCUT2D eigenvalue weighted by Crippen LogP contribution is -2.30. The van der Waals surface area contributed by atoms with E-state index in [0.717, 1.165) is 24.1 Å². The van der Waals surface area contributed by atoms with Crippen LogP contribution in [0.5, 0.6) is 0 Å². The van der Waals surface area contributed by atoms with Crippen molar-refractivity contribution in [3.05, 3.63) is 52.2 Å². The van der Waals surface area contributed by atoms with Gasteiger partial charge >= 0.3 is 6.03 Å². The van der Waals surface area contributed by atoms with Gasteiger partial charge in [-0.1, -0.05) is 18.2 Å². The summed E-state index contributed by atoms with van der Waals surface area (Å²) in [6, 6.07) is 9.58. The predicted molar refractivity (Wildman–Crippen MR) is 91.6 cm³/mol. The van der Waals surface area contributed by atoms with Crippen molar-refractivity contribution in [2.45, 2.75) is 25.7 Å². The highest BCUT2D eigenvalue weighted by molar-refractivity contribution is 7.07. The van der Waals surface area contributed by atoms with Gasteiger partial charge in [0.15, 0.2) is 0 Å². The number of aliphatic hydroxyl groups is 1. The number of hydrogen-bond acceptors (Lipinski definition) is 3. The molecule has 0 aliphatic heterocycles. The van der Waals surface area contributed by atoms with Crippen LogP contribution in [-0.4, -0.2) is 24.3 Å². The second-order valence-electron chi connectivity index (χ2n) is 5.25. The molecule has 1 aromatic carbocycles. The van der Waals surface area contributed by atoms with Gasteiger partial charge in [-0.15, -0.1) is 0 Å². The van der Waals surface area contributed by atoms with Gasteiger partial charge in [0, 0.05) is 18.8 Å². The van der Waals surface area contributed by atoms with E-state index in [4.69, 9.17) is 0 Å². The maximum absolute atomic E-state index is 11.9. The number of nitrogens with one attached hydrogen (secondary N) is 2. The first-order valence-electron chi connectivity index (χ1n) is 7.44. The Hall–Kier alpha value is -1.85. The normalized spacial score (nSPS) is 11.9. The Kier molecular flexibility index (Phi) is 6.43. The van der Waals surface area contributed by atoms with Crippen LogP contribution in [0.1, 0.15) is 29.9 Å². The van der Waals surface area contributed by atoms with E-state index in [1.807, 2.05) is 36.6 Å². The van der Waals surface area contributed by atoms with E-state index >= 15 is 0 Å². The summed E-state index contributed by atoms with van der Waals surface area (Å²) in [6.45, 7) is 2.71. The summed E-state index contributed by atoms with van der Waals surface area (Å²) in [5, 5.41) is 19.1. The number of hydrogen-bond donors (Lipinski definition) is 3. The molecule has 3 N–H and O–H groups in total. The van der Waals surface area contributed by atoms with E-state index in [9.17, 15) is 9.90 Å². The Bertz CT molecular complexity index is 584. The molecule has 1 atom stereocenters. The second-order valence-corrected chi connectivity index (χ2v) is 6.03. The molecule has 0 spiro atoms. The summed E-state index contributed by atoms with van der Waals surface area (Å²) in [4.78, 5) is 11.9. The highest BCUT2D eigenvalue weighted by Crippen LogP contribution is 2.24. The van der Waals surface area contributed by atoms with E-state index in [-0.39, 0.29) is 18.6 Å². The van der Waals surface area contributed by atoms with Crippen LogP contribution in [0.4, 0.5) is 10.5 Å². The van der Waals surface area contributed by atoms with Crippen molar-refractivity contribution in [2.75, 3.05) is 18.5 Å². The first kappa shape index (κ1) is 16.5. The van der Waals surface area contributed by atoms with Gasteiger partial charge in [-0.3, -0.25) is 0 Å². The lowest BCUT2D eigenvalue weighted by atomic mass is 9.95. The van der Waals surface area contributed by atoms with E-state index in [1.54, 1.807) is 11.3 Å². The molecule has 0 saturated carbocycles. The lowest BCUT2D eigenvalue weighted by Gasteiger charge is -2.15. The number of amides is 2. The first-order valence-corrected chi connectivity index (χ1v) is 8.38. The number of carbonyl (C=O) groups excluding carboxylic acids is 1. The number of aryl methyl sites for hydroxylation is 1. The maximum Gasteiger partial charge on any atom is 0.319 e. The smallest absolute Gasteiger partial charge is 0.319 e. The summed E-state index contributed by atoms with van der Waals surface area (Å²) in [5.41, 5.74) is 3.10. The Morgan fingerprint density at radius 2 is 2.09 bits per heavy atom. The third kappa shape index (κ3) is 4.86. The fourth-order valence-electron chi connectivity index (χ4n) is 2.38. The molecule has 0 saturated heterocycles. The molecule has 0 aliphatic carbocycles. The first-order chi connectivity index (χ1) is 10.7. The molecule has 1 unspecified atom stereocenters. The van der Waals surface area contributed by atoms with Crippen molar-refractivity contribution < 1.29 is 9.90 Å². The zero-order valence-electron chi connectivity index (χ0n) is 12.7. The number of thiophene rings is 1. The summed E-state index contributed by atoms with van der Waals surface area (Å²) in [7, 11) is 0. The summed E-state index contributed by atoms with van der Waals surface area (Å²) in [5.74, 6) is 0.287. The quantitative estimate of drug-likeness (QED) is 0.728. The Labute approximate surface area is 135 Å². The molecule has 22 heavy (non-hydrogen) atoms. The van der Waals surface area contributed by atoms with Gasteiger partial charge in [-0.25, -0.2) is 4.79 Å². The van der Waals surface area contributed by atoms with Gasteiger partial charge < -0.3 is 15.7 Å². The molecule has 0 fully saturated rings. The molecular weight excluding hydrogens is 296 g/mol. The molecule has 0 aliphatic rings. The molecule has 0 radical (unpaired) electrons. The van der Waals surface area contributed by atoms with Crippen molar-refractivity contribution in [1.82, 2.24) is 5.32 Å². The van der Waals surface area contributed by atoms with Crippen LogP contribution >= 0.6 is 11.3 Å². The van der Waals surface area contributed by atoms with Crippen LogP contribution in [0.15, 0.2) is 41.1 Å². The number of urea groups is 1. The topological polar surface area (TPSA) is 61.4 Å². The minimum atomic E-state index is -0.192. The summed E-state index contributed by atoms with van der Waals surface area (Å²) < 4.78 is 0. The minimum Gasteiger partial charge on any atom is -0.396 e. The average Bonchev–Trinajstić information content (AvgIpc) is 3.03. The zero-order chi connectivity index (χ0) is 15.8. The van der Waals surface area contributed by atoms with Crippen molar-refractivity contribution in [3.8, 4) is 0 Å². The second kappa shape index (κ2) is 8.56. The number of para-hydroxylation sites is 1. The minimum absolute atomic E-state index is 0.163. The van der Waals surface area contributed by atoms with Crippen LogP contribution < -0.4 is 10.6 Å².